The summed E-state index contributed by atoms with van der Waals surface area (Å²) in [6.45, 7) is 7.88. The van der Waals surface area contributed by atoms with Crippen LogP contribution in [0.5, 0.6) is 0 Å². The lowest BCUT2D eigenvalue weighted by molar-refractivity contribution is 0.0602. The molecule has 2 aliphatic carbocycles. The lowest BCUT2D eigenvalue weighted by Crippen LogP contribution is -2.52. The van der Waals surface area contributed by atoms with Crippen LogP contribution in [0.2, 0.25) is 0 Å². The molecule has 6 heteroatoms. The molecule has 3 aromatic rings. The van der Waals surface area contributed by atoms with E-state index >= 15 is 0 Å². The molecule has 6 nitrogen and oxygen atoms in total. The van der Waals surface area contributed by atoms with E-state index in [4.69, 9.17) is 4.74 Å². The van der Waals surface area contributed by atoms with Crippen LogP contribution in [0.3, 0.4) is 0 Å². The van der Waals surface area contributed by atoms with Gasteiger partial charge < -0.3 is 14.6 Å². The first kappa shape index (κ1) is 23.0. The van der Waals surface area contributed by atoms with Gasteiger partial charge in [-0.15, -0.1) is 0 Å². The fourth-order valence-electron chi connectivity index (χ4n) is 7.24. The number of aromatic nitrogens is 1. The van der Waals surface area contributed by atoms with E-state index in [0.717, 1.165) is 84.8 Å². The van der Waals surface area contributed by atoms with Gasteiger partial charge in [-0.05, 0) is 67.5 Å². The molecule has 1 N–H and O–H groups in total. The van der Waals surface area contributed by atoms with E-state index in [-0.39, 0.29) is 11.2 Å². The van der Waals surface area contributed by atoms with Gasteiger partial charge in [0, 0.05) is 78.7 Å². The SMILES string of the molecule is CCc1cc2c(cc1N1CCN(C3CCC3)CC1)C1(CCOCC1)c1[nH]c3cc(C#N)ccc3c1C2=O. The van der Waals surface area contributed by atoms with Crippen molar-refractivity contribution in [1.82, 2.24) is 9.88 Å². The molecule has 1 spiro atoms. The summed E-state index contributed by atoms with van der Waals surface area (Å²) in [5.41, 5.74) is 7.59. The van der Waals surface area contributed by atoms with Crippen LogP contribution in [0, 0.1) is 11.3 Å². The average Bonchev–Trinajstić information content (AvgIpc) is 3.31. The fraction of sp³-hybridized carbons (Fsp3) is 0.484. The number of aromatic amines is 1. The van der Waals surface area contributed by atoms with Gasteiger partial charge in [-0.3, -0.25) is 9.69 Å². The number of piperazine rings is 1. The number of fused-ring (bicyclic) bond motifs is 6. The number of nitrogens with zero attached hydrogens (tertiary/aromatic N) is 3. The molecule has 2 aliphatic heterocycles. The van der Waals surface area contributed by atoms with Crippen LogP contribution >= 0.6 is 0 Å². The number of hydrogen-bond donors (Lipinski definition) is 1. The number of carbonyl (C=O) groups is 1. The lowest BCUT2D eigenvalue weighted by Gasteiger charge is -2.45. The molecule has 3 fully saturated rings. The Labute approximate surface area is 218 Å². The van der Waals surface area contributed by atoms with Crippen molar-refractivity contribution in [3.8, 4) is 6.07 Å². The van der Waals surface area contributed by atoms with Crippen molar-refractivity contribution in [3.05, 3.63) is 63.8 Å². The minimum absolute atomic E-state index is 0.106. The maximum Gasteiger partial charge on any atom is 0.195 e. The second kappa shape index (κ2) is 8.72. The third-order valence-electron chi connectivity index (χ3n) is 9.59. The highest BCUT2D eigenvalue weighted by Gasteiger charge is 2.47. The second-order valence-electron chi connectivity index (χ2n) is 11.3. The lowest BCUT2D eigenvalue weighted by atomic mass is 9.64. The number of ether oxygens (including phenoxy) is 1. The fourth-order valence-corrected chi connectivity index (χ4v) is 7.24. The van der Waals surface area contributed by atoms with E-state index in [2.05, 4.69) is 39.9 Å². The van der Waals surface area contributed by atoms with Gasteiger partial charge in [0.2, 0.25) is 0 Å². The normalized spacial score (nSPS) is 21.5. The number of nitriles is 1. The topological polar surface area (TPSA) is 72.4 Å². The number of benzene rings is 2. The molecule has 4 aliphatic rings. The monoisotopic (exact) mass is 494 g/mol. The van der Waals surface area contributed by atoms with Gasteiger partial charge >= 0.3 is 0 Å². The first-order chi connectivity index (χ1) is 18.1. The Kier molecular flexibility index (Phi) is 5.42. The predicted octanol–water partition coefficient (Wildman–Crippen LogP) is 4.92. The van der Waals surface area contributed by atoms with Crippen molar-refractivity contribution in [2.24, 2.45) is 0 Å². The van der Waals surface area contributed by atoms with E-state index in [9.17, 15) is 10.1 Å². The first-order valence-electron chi connectivity index (χ1n) is 14.0. The minimum Gasteiger partial charge on any atom is -0.381 e. The number of H-pyrrole nitrogens is 1. The highest BCUT2D eigenvalue weighted by Crippen LogP contribution is 2.51. The van der Waals surface area contributed by atoms with Crippen LogP contribution in [0.4, 0.5) is 5.69 Å². The van der Waals surface area contributed by atoms with Gasteiger partial charge in [-0.25, -0.2) is 0 Å². The van der Waals surface area contributed by atoms with E-state index in [0.29, 0.717) is 18.8 Å². The van der Waals surface area contributed by atoms with Crippen LogP contribution < -0.4 is 4.90 Å². The molecule has 1 aromatic heterocycles. The minimum atomic E-state index is -0.280. The molecule has 37 heavy (non-hydrogen) atoms. The molecule has 7 rings (SSSR count). The van der Waals surface area contributed by atoms with Gasteiger partial charge in [-0.1, -0.05) is 19.4 Å². The Hall–Kier alpha value is -3.14. The smallest absolute Gasteiger partial charge is 0.195 e. The summed E-state index contributed by atoms with van der Waals surface area (Å²) >= 11 is 0. The summed E-state index contributed by atoms with van der Waals surface area (Å²) in [4.78, 5) is 23.0. The summed E-state index contributed by atoms with van der Waals surface area (Å²) in [7, 11) is 0. The average molecular weight is 495 g/mol. The zero-order valence-electron chi connectivity index (χ0n) is 21.6. The molecule has 0 unspecified atom stereocenters. The van der Waals surface area contributed by atoms with Gasteiger partial charge in [-0.2, -0.15) is 5.26 Å². The van der Waals surface area contributed by atoms with Crippen molar-refractivity contribution < 1.29 is 9.53 Å². The Balaban J connectivity index is 1.36. The maximum absolute atomic E-state index is 14.1. The standard InChI is InChI=1S/C31H34N4O2/c1-2-21-17-24-25(18-27(21)35-12-10-34(11-13-35)22-4-3-5-22)31(8-14-37-15-9-31)30-28(29(24)36)23-7-6-20(19-32)16-26(23)33-30/h6-7,16-18,22,33H,2-5,8-15H2,1H3. The van der Waals surface area contributed by atoms with Crippen LogP contribution in [0.25, 0.3) is 10.9 Å². The van der Waals surface area contributed by atoms with Crippen LogP contribution in [0.1, 0.15) is 77.3 Å². The molecule has 0 bridgehead atoms. The Bertz CT molecular complexity index is 1430. The molecule has 2 aromatic carbocycles. The van der Waals surface area contributed by atoms with E-state index < -0.39 is 0 Å². The number of nitrogens with one attached hydrogen (secondary N) is 1. The third-order valence-corrected chi connectivity index (χ3v) is 9.59. The quantitative estimate of drug-likeness (QED) is 0.560. The molecule has 2 saturated heterocycles. The summed E-state index contributed by atoms with van der Waals surface area (Å²) in [5.74, 6) is 0.106. The summed E-state index contributed by atoms with van der Waals surface area (Å²) in [6, 6.07) is 13.2. The molecule has 0 radical (unpaired) electrons. The molecular weight excluding hydrogens is 460 g/mol. The summed E-state index contributed by atoms with van der Waals surface area (Å²) in [6.07, 6.45) is 6.68. The maximum atomic E-state index is 14.1. The number of hydrogen-bond acceptors (Lipinski definition) is 5. The Morgan fingerprint density at radius 1 is 1.11 bits per heavy atom. The summed E-state index contributed by atoms with van der Waals surface area (Å²) in [5, 5.41) is 10.4. The zero-order valence-corrected chi connectivity index (χ0v) is 21.6. The van der Waals surface area contributed by atoms with Gasteiger partial charge in [0.05, 0.1) is 17.2 Å². The zero-order chi connectivity index (χ0) is 25.1. The van der Waals surface area contributed by atoms with E-state index in [1.54, 1.807) is 0 Å². The van der Waals surface area contributed by atoms with Gasteiger partial charge in [0.25, 0.3) is 0 Å². The van der Waals surface area contributed by atoms with Crippen molar-refractivity contribution in [3.63, 3.8) is 0 Å². The van der Waals surface area contributed by atoms with Gasteiger partial charge in [0.15, 0.2) is 5.78 Å². The molecule has 190 valence electrons. The highest BCUT2D eigenvalue weighted by atomic mass is 16.5. The predicted molar refractivity (Wildman–Crippen MR) is 145 cm³/mol. The highest BCUT2D eigenvalue weighted by molar-refractivity contribution is 6.20. The molecular formula is C31H34N4O2. The van der Waals surface area contributed by atoms with Crippen molar-refractivity contribution in [2.45, 2.75) is 56.9 Å². The number of carbonyl (C=O) groups excluding carboxylic acids is 1. The summed E-state index contributed by atoms with van der Waals surface area (Å²) < 4.78 is 5.85. The molecule has 3 heterocycles. The Morgan fingerprint density at radius 3 is 2.57 bits per heavy atom. The number of rotatable bonds is 3. The van der Waals surface area contributed by atoms with E-state index in [1.165, 1.54) is 30.5 Å². The Morgan fingerprint density at radius 2 is 1.89 bits per heavy atom. The van der Waals surface area contributed by atoms with Gasteiger partial charge in [0.1, 0.15) is 0 Å². The molecule has 0 atom stereocenters. The number of anilines is 1. The molecule has 1 saturated carbocycles. The second-order valence-corrected chi connectivity index (χ2v) is 11.3. The van der Waals surface area contributed by atoms with Crippen molar-refractivity contribution >= 4 is 22.4 Å². The van der Waals surface area contributed by atoms with Crippen LogP contribution in [-0.4, -0.2) is 61.1 Å². The van der Waals surface area contributed by atoms with Crippen molar-refractivity contribution in [1.29, 1.82) is 5.26 Å². The van der Waals surface area contributed by atoms with Crippen LogP contribution in [0.15, 0.2) is 30.3 Å². The van der Waals surface area contributed by atoms with E-state index in [1.807, 2.05) is 18.2 Å². The number of aryl methyl sites for hydroxylation is 1. The largest absolute Gasteiger partial charge is 0.381 e. The first-order valence-corrected chi connectivity index (χ1v) is 14.0. The number of ketones is 1. The molecule has 0 amide bonds. The van der Waals surface area contributed by atoms with Crippen LogP contribution in [-0.2, 0) is 16.6 Å². The third kappa shape index (κ3) is 3.41. The van der Waals surface area contributed by atoms with Crippen molar-refractivity contribution in [2.75, 3.05) is 44.3 Å².